The first-order valence-electron chi connectivity index (χ1n) is 24.0. The summed E-state index contributed by atoms with van der Waals surface area (Å²) < 4.78 is 0. The third-order valence-electron chi connectivity index (χ3n) is 14.7. The molecule has 13 rings (SSSR count). The molecule has 0 aliphatic heterocycles. The predicted molar refractivity (Wildman–Crippen MR) is 293 cm³/mol. The van der Waals surface area contributed by atoms with Crippen molar-refractivity contribution in [2.45, 2.75) is 12.3 Å². The van der Waals surface area contributed by atoms with Crippen LogP contribution in [0.1, 0.15) is 23.6 Å². The predicted octanol–water partition coefficient (Wildman–Crippen LogP) is 18.6. The minimum Gasteiger partial charge on any atom is -0.310 e. The molecule has 0 saturated heterocycles. The maximum absolute atomic E-state index is 2.51. The molecule has 0 amide bonds. The molecule has 1 heteroatoms. The molecule has 1 aliphatic carbocycles. The van der Waals surface area contributed by atoms with Crippen molar-refractivity contribution in [1.82, 2.24) is 0 Å². The minimum absolute atomic E-state index is 0.343. The Bertz CT molecular complexity index is 3870. The lowest BCUT2D eigenvalue weighted by atomic mass is 9.74. The number of benzene rings is 12. The summed E-state index contributed by atoms with van der Waals surface area (Å²) >= 11 is 0. The van der Waals surface area contributed by atoms with Crippen LogP contribution in [-0.4, -0.2) is 0 Å². The first-order chi connectivity index (χ1) is 34.1. The van der Waals surface area contributed by atoms with Gasteiger partial charge in [0.25, 0.3) is 0 Å². The first-order valence-corrected chi connectivity index (χ1v) is 24.0. The van der Waals surface area contributed by atoms with Crippen molar-refractivity contribution in [2.75, 3.05) is 4.90 Å². The van der Waals surface area contributed by atoms with Crippen molar-refractivity contribution < 1.29 is 0 Å². The Balaban J connectivity index is 1.03. The quantitative estimate of drug-likeness (QED) is 0.138. The highest BCUT2D eigenvalue weighted by Gasteiger charge is 2.42. The standard InChI is InChI=1S/C68H47N/c1-68(52-25-9-4-10-26-52)62-32-16-15-30-60(62)67-63(68)33-18-34-64(67)69(53-41-39-47(40-42-53)46-35-37-49(38-36-46)56-31-17-24-48-19-11-12-27-55(48)56)54-43-44-58-57-28-13-14-29-59(57)65(50-20-5-2-6-21-50)66(61(58)45-54)51-22-7-3-8-23-51/h2-45H,1H3. The van der Waals surface area contributed by atoms with Gasteiger partial charge in [-0.2, -0.15) is 0 Å². The highest BCUT2D eigenvalue weighted by Crippen LogP contribution is 2.57. The average Bonchev–Trinajstić information content (AvgIpc) is 3.70. The second-order valence-electron chi connectivity index (χ2n) is 18.5. The van der Waals surface area contributed by atoms with Gasteiger partial charge in [0.15, 0.2) is 0 Å². The van der Waals surface area contributed by atoms with Crippen molar-refractivity contribution in [3.05, 3.63) is 284 Å². The van der Waals surface area contributed by atoms with E-state index in [1.165, 1.54) is 105 Å². The van der Waals surface area contributed by atoms with Crippen LogP contribution in [0.2, 0.25) is 0 Å². The van der Waals surface area contributed by atoms with Crippen LogP contribution >= 0.6 is 0 Å². The van der Waals surface area contributed by atoms with Crippen LogP contribution in [0.15, 0.2) is 267 Å². The fourth-order valence-corrected chi connectivity index (χ4v) is 11.5. The Morgan fingerprint density at radius 3 is 1.51 bits per heavy atom. The SMILES string of the molecule is CC1(c2ccccc2)c2ccccc2-c2c(N(c3ccc(-c4ccc(-c5cccc6ccccc56)cc4)cc3)c3ccc4c(c3)c(-c3ccccc3)c(-c3ccccc3)c3ccccc34)cccc21. The Morgan fingerprint density at radius 2 is 0.783 bits per heavy atom. The number of hydrogen-bond acceptors (Lipinski definition) is 1. The lowest BCUT2D eigenvalue weighted by molar-refractivity contribution is 0.714. The highest BCUT2D eigenvalue weighted by atomic mass is 15.1. The molecule has 0 fully saturated rings. The normalized spacial score (nSPS) is 13.9. The van der Waals surface area contributed by atoms with E-state index in [2.05, 4.69) is 279 Å². The molecular formula is C68H47N. The molecule has 0 aromatic heterocycles. The second kappa shape index (κ2) is 16.5. The third kappa shape index (κ3) is 6.61. The topological polar surface area (TPSA) is 3.24 Å². The smallest absolute Gasteiger partial charge is 0.0543 e. The van der Waals surface area contributed by atoms with Crippen molar-refractivity contribution in [3.8, 4) is 55.6 Å². The summed E-state index contributed by atoms with van der Waals surface area (Å²) in [4.78, 5) is 2.51. The van der Waals surface area contributed by atoms with Crippen LogP contribution in [0.25, 0.3) is 88.0 Å². The molecule has 12 aromatic carbocycles. The van der Waals surface area contributed by atoms with Gasteiger partial charge < -0.3 is 4.90 Å². The summed E-state index contributed by atoms with van der Waals surface area (Å²) in [6, 6.07) is 98.4. The van der Waals surface area contributed by atoms with Crippen LogP contribution in [-0.2, 0) is 5.41 Å². The van der Waals surface area contributed by atoms with Gasteiger partial charge in [-0.1, -0.05) is 237 Å². The van der Waals surface area contributed by atoms with Gasteiger partial charge in [0.2, 0.25) is 0 Å². The molecule has 0 heterocycles. The zero-order valence-corrected chi connectivity index (χ0v) is 38.4. The van der Waals surface area contributed by atoms with Crippen molar-refractivity contribution in [3.63, 3.8) is 0 Å². The van der Waals surface area contributed by atoms with Crippen molar-refractivity contribution in [2.24, 2.45) is 0 Å². The number of anilines is 3. The van der Waals surface area contributed by atoms with E-state index in [1.807, 2.05) is 0 Å². The minimum atomic E-state index is -0.343. The summed E-state index contributed by atoms with van der Waals surface area (Å²) in [5, 5.41) is 7.46. The molecule has 1 aliphatic rings. The molecule has 0 bridgehead atoms. The lowest BCUT2D eigenvalue weighted by Gasteiger charge is -2.31. The Morgan fingerprint density at radius 1 is 0.290 bits per heavy atom. The van der Waals surface area contributed by atoms with E-state index in [9.17, 15) is 0 Å². The molecule has 0 spiro atoms. The number of hydrogen-bond donors (Lipinski definition) is 0. The Labute approximate surface area is 403 Å². The van der Waals surface area contributed by atoms with Crippen LogP contribution in [0.3, 0.4) is 0 Å². The van der Waals surface area contributed by atoms with Gasteiger partial charge in [0.1, 0.15) is 0 Å². The number of fused-ring (bicyclic) bond motifs is 7. The van der Waals surface area contributed by atoms with E-state index in [0.717, 1.165) is 17.1 Å². The fraction of sp³-hybridized carbons (Fsp3) is 0.0294. The summed E-state index contributed by atoms with van der Waals surface area (Å²) in [5.41, 5.74) is 19.2. The van der Waals surface area contributed by atoms with E-state index < -0.39 is 0 Å². The van der Waals surface area contributed by atoms with Gasteiger partial charge in [-0.05, 0) is 136 Å². The van der Waals surface area contributed by atoms with E-state index in [4.69, 9.17) is 0 Å². The molecule has 0 saturated carbocycles. The molecule has 69 heavy (non-hydrogen) atoms. The van der Waals surface area contributed by atoms with Crippen molar-refractivity contribution in [1.29, 1.82) is 0 Å². The van der Waals surface area contributed by atoms with E-state index in [0.29, 0.717) is 0 Å². The third-order valence-corrected chi connectivity index (χ3v) is 14.7. The summed E-state index contributed by atoms with van der Waals surface area (Å²) in [7, 11) is 0. The molecular weight excluding hydrogens is 831 g/mol. The van der Waals surface area contributed by atoms with Gasteiger partial charge >= 0.3 is 0 Å². The molecule has 12 aromatic rings. The summed E-state index contributed by atoms with van der Waals surface area (Å²) in [5.74, 6) is 0. The van der Waals surface area contributed by atoms with Gasteiger partial charge in [0.05, 0.1) is 5.69 Å². The first kappa shape index (κ1) is 40.5. The zero-order chi connectivity index (χ0) is 45.9. The maximum Gasteiger partial charge on any atom is 0.0543 e. The molecule has 0 N–H and O–H groups in total. The van der Waals surface area contributed by atoms with Gasteiger partial charge in [0, 0.05) is 22.4 Å². The van der Waals surface area contributed by atoms with E-state index in [1.54, 1.807) is 0 Å². The van der Waals surface area contributed by atoms with Crippen LogP contribution < -0.4 is 4.90 Å². The molecule has 0 radical (unpaired) electrons. The monoisotopic (exact) mass is 877 g/mol. The van der Waals surface area contributed by atoms with E-state index in [-0.39, 0.29) is 5.41 Å². The Kier molecular flexibility index (Phi) is 9.70. The van der Waals surface area contributed by atoms with Crippen LogP contribution in [0.5, 0.6) is 0 Å². The molecule has 1 atom stereocenters. The van der Waals surface area contributed by atoms with E-state index >= 15 is 0 Å². The summed E-state index contributed by atoms with van der Waals surface area (Å²) in [6.45, 7) is 2.40. The molecule has 324 valence electrons. The number of rotatable bonds is 8. The maximum atomic E-state index is 2.51. The summed E-state index contributed by atoms with van der Waals surface area (Å²) in [6.07, 6.45) is 0. The van der Waals surface area contributed by atoms with Crippen LogP contribution in [0.4, 0.5) is 17.1 Å². The highest BCUT2D eigenvalue weighted by molar-refractivity contribution is 6.22. The van der Waals surface area contributed by atoms with Crippen molar-refractivity contribution >= 4 is 49.4 Å². The fourth-order valence-electron chi connectivity index (χ4n) is 11.5. The lowest BCUT2D eigenvalue weighted by Crippen LogP contribution is -2.22. The second-order valence-corrected chi connectivity index (χ2v) is 18.5. The zero-order valence-electron chi connectivity index (χ0n) is 38.4. The number of nitrogens with zero attached hydrogens (tertiary/aromatic N) is 1. The Hall–Kier alpha value is -8.78. The molecule has 1 unspecified atom stereocenters. The average molecular weight is 878 g/mol. The largest absolute Gasteiger partial charge is 0.310 e. The van der Waals surface area contributed by atoms with Gasteiger partial charge in [-0.3, -0.25) is 0 Å². The van der Waals surface area contributed by atoms with Gasteiger partial charge in [-0.25, -0.2) is 0 Å². The van der Waals surface area contributed by atoms with Crippen LogP contribution in [0, 0.1) is 0 Å². The van der Waals surface area contributed by atoms with Gasteiger partial charge in [-0.15, -0.1) is 0 Å². The molecule has 1 nitrogen and oxygen atoms in total.